The van der Waals surface area contributed by atoms with Crippen molar-refractivity contribution >= 4 is 11.6 Å². The van der Waals surface area contributed by atoms with E-state index in [4.69, 9.17) is 4.74 Å². The van der Waals surface area contributed by atoms with E-state index in [1.54, 1.807) is 12.1 Å². The van der Waals surface area contributed by atoms with Crippen LogP contribution in [0.15, 0.2) is 36.4 Å². The second-order valence-electron chi connectivity index (χ2n) is 6.47. The molecule has 0 spiro atoms. The van der Waals surface area contributed by atoms with Gasteiger partial charge in [0.15, 0.2) is 0 Å². The largest absolute Gasteiger partial charge is 0.497 e. The van der Waals surface area contributed by atoms with Gasteiger partial charge >= 0.3 is 6.18 Å². The molecule has 9 heteroatoms. The minimum Gasteiger partial charge on any atom is -0.497 e. The first-order valence-corrected chi connectivity index (χ1v) is 8.54. The monoisotopic (exact) mass is 394 g/mol. The van der Waals surface area contributed by atoms with Crippen LogP contribution in [0.25, 0.3) is 0 Å². The van der Waals surface area contributed by atoms with Crippen LogP contribution in [0.3, 0.4) is 0 Å². The second-order valence-corrected chi connectivity index (χ2v) is 6.47. The Morgan fingerprint density at radius 3 is 2.64 bits per heavy atom. The van der Waals surface area contributed by atoms with Gasteiger partial charge in [-0.05, 0) is 48.6 Å². The molecule has 0 aromatic heterocycles. The van der Waals surface area contributed by atoms with Gasteiger partial charge in [0.25, 0.3) is 11.6 Å². The van der Waals surface area contributed by atoms with Crippen LogP contribution in [0, 0.1) is 10.1 Å². The Hall–Kier alpha value is -3.10. The fourth-order valence-corrected chi connectivity index (χ4v) is 3.37. The normalized spacial score (nSPS) is 16.2. The van der Waals surface area contributed by atoms with E-state index in [9.17, 15) is 28.1 Å². The number of nitrogens with one attached hydrogen (secondary N) is 1. The van der Waals surface area contributed by atoms with E-state index in [2.05, 4.69) is 5.32 Å². The zero-order valence-electron chi connectivity index (χ0n) is 14.9. The van der Waals surface area contributed by atoms with Crippen molar-refractivity contribution in [3.63, 3.8) is 0 Å². The minimum absolute atomic E-state index is 0.508. The number of alkyl halides is 3. The molecule has 0 heterocycles. The van der Waals surface area contributed by atoms with E-state index in [1.165, 1.54) is 7.11 Å². The van der Waals surface area contributed by atoms with Gasteiger partial charge in [-0.15, -0.1) is 0 Å². The number of carbonyl (C=O) groups is 1. The first-order valence-electron chi connectivity index (χ1n) is 8.54. The van der Waals surface area contributed by atoms with Crippen molar-refractivity contribution < 1.29 is 27.6 Å². The molecule has 3 rings (SSSR count). The summed E-state index contributed by atoms with van der Waals surface area (Å²) in [6.45, 7) is 0. The van der Waals surface area contributed by atoms with E-state index < -0.39 is 39.9 Å². The first-order chi connectivity index (χ1) is 13.2. The number of hydrogen-bond donors (Lipinski definition) is 1. The molecule has 6 nitrogen and oxygen atoms in total. The summed E-state index contributed by atoms with van der Waals surface area (Å²) in [5.74, 6) is -0.428. The van der Waals surface area contributed by atoms with E-state index in [0.29, 0.717) is 24.3 Å². The molecule has 0 saturated carbocycles. The SMILES string of the molecule is COc1ccc2c(c1)[C@@H](NC(=O)c1cc([N+](=O)[O-])ccc1C(F)(F)F)CCC2. The zero-order chi connectivity index (χ0) is 20.5. The number of benzene rings is 2. The summed E-state index contributed by atoms with van der Waals surface area (Å²) < 4.78 is 45.1. The Bertz CT molecular complexity index is 928. The summed E-state index contributed by atoms with van der Waals surface area (Å²) in [6.07, 6.45) is -2.72. The number of hydrogen-bond acceptors (Lipinski definition) is 4. The molecule has 28 heavy (non-hydrogen) atoms. The van der Waals surface area contributed by atoms with Crippen molar-refractivity contribution in [2.45, 2.75) is 31.5 Å². The average molecular weight is 394 g/mol. The van der Waals surface area contributed by atoms with Gasteiger partial charge in [-0.2, -0.15) is 13.2 Å². The van der Waals surface area contributed by atoms with Crippen molar-refractivity contribution in [1.82, 2.24) is 5.32 Å². The molecule has 0 radical (unpaired) electrons. The Morgan fingerprint density at radius 2 is 2.00 bits per heavy atom. The number of methoxy groups -OCH3 is 1. The van der Waals surface area contributed by atoms with Crippen LogP contribution in [0.1, 0.15) is 45.9 Å². The van der Waals surface area contributed by atoms with Crippen LogP contribution >= 0.6 is 0 Å². The highest BCUT2D eigenvalue weighted by Gasteiger charge is 2.37. The van der Waals surface area contributed by atoms with Crippen molar-refractivity contribution in [2.75, 3.05) is 7.11 Å². The number of nitro groups is 1. The predicted octanol–water partition coefficient (Wildman–Crippen LogP) is 4.43. The molecule has 1 aliphatic rings. The predicted molar refractivity (Wildman–Crippen MR) is 94.2 cm³/mol. The maximum atomic E-state index is 13.3. The number of nitrogens with zero attached hydrogens (tertiary/aromatic N) is 1. The highest BCUT2D eigenvalue weighted by Crippen LogP contribution is 2.36. The highest BCUT2D eigenvalue weighted by atomic mass is 19.4. The lowest BCUT2D eigenvalue weighted by atomic mass is 9.87. The van der Waals surface area contributed by atoms with Gasteiger partial charge < -0.3 is 10.1 Å². The third-order valence-electron chi connectivity index (χ3n) is 4.74. The third kappa shape index (κ3) is 3.92. The first kappa shape index (κ1) is 19.7. The molecule has 0 saturated heterocycles. The van der Waals surface area contributed by atoms with Gasteiger partial charge in [0.1, 0.15) is 5.75 Å². The quantitative estimate of drug-likeness (QED) is 0.614. The van der Waals surface area contributed by atoms with E-state index in [0.717, 1.165) is 30.0 Å². The van der Waals surface area contributed by atoms with Crippen LogP contribution in [0.4, 0.5) is 18.9 Å². The number of carbonyl (C=O) groups excluding carboxylic acids is 1. The van der Waals surface area contributed by atoms with E-state index in [-0.39, 0.29) is 0 Å². The number of nitro benzene ring substituents is 1. The molecule has 2 aromatic rings. The van der Waals surface area contributed by atoms with Gasteiger partial charge in [-0.25, -0.2) is 0 Å². The maximum Gasteiger partial charge on any atom is 0.417 e. The Morgan fingerprint density at radius 1 is 1.25 bits per heavy atom. The van der Waals surface area contributed by atoms with Crippen molar-refractivity contribution in [3.05, 3.63) is 68.8 Å². The second kappa shape index (κ2) is 7.49. The lowest BCUT2D eigenvalue weighted by molar-refractivity contribution is -0.384. The average Bonchev–Trinajstić information content (AvgIpc) is 2.66. The highest BCUT2D eigenvalue weighted by molar-refractivity contribution is 5.96. The van der Waals surface area contributed by atoms with Gasteiger partial charge in [0.05, 0.1) is 29.2 Å². The lowest BCUT2D eigenvalue weighted by Crippen LogP contribution is -2.32. The smallest absolute Gasteiger partial charge is 0.417 e. The number of fused-ring (bicyclic) bond motifs is 1. The topological polar surface area (TPSA) is 81.5 Å². The van der Waals surface area contributed by atoms with Crippen LogP contribution in [-0.2, 0) is 12.6 Å². The standard InChI is InChI=1S/C19H17F3N2O4/c1-28-13-7-5-11-3-2-4-17(14(11)10-13)23-18(25)15-9-12(24(26)27)6-8-16(15)19(20,21)22/h5-10,17H,2-4H2,1H3,(H,23,25)/t17-/m0/s1. The minimum atomic E-state index is -4.81. The summed E-state index contributed by atoms with van der Waals surface area (Å²) in [7, 11) is 1.50. The van der Waals surface area contributed by atoms with E-state index in [1.807, 2.05) is 6.07 Å². The molecule has 0 unspecified atom stereocenters. The third-order valence-corrected chi connectivity index (χ3v) is 4.74. The summed E-state index contributed by atoms with van der Waals surface area (Å²) in [4.78, 5) is 22.8. The summed E-state index contributed by atoms with van der Waals surface area (Å²) in [6, 6.07) is 6.84. The molecule has 148 valence electrons. The number of non-ortho nitro benzene ring substituents is 1. The Labute approximate surface area is 158 Å². The van der Waals surface area contributed by atoms with Gasteiger partial charge in [0.2, 0.25) is 0 Å². The number of amides is 1. The number of rotatable bonds is 4. The fraction of sp³-hybridized carbons (Fsp3) is 0.316. The molecule has 0 bridgehead atoms. The van der Waals surface area contributed by atoms with Crippen molar-refractivity contribution in [3.8, 4) is 5.75 Å². The molecule has 2 aromatic carbocycles. The molecule has 0 fully saturated rings. The molecule has 0 aliphatic heterocycles. The Balaban J connectivity index is 1.96. The lowest BCUT2D eigenvalue weighted by Gasteiger charge is -2.27. The van der Waals surface area contributed by atoms with Crippen molar-refractivity contribution in [1.29, 1.82) is 0 Å². The molecule has 1 amide bonds. The van der Waals surface area contributed by atoms with E-state index >= 15 is 0 Å². The van der Waals surface area contributed by atoms with Crippen LogP contribution in [0.2, 0.25) is 0 Å². The van der Waals surface area contributed by atoms with Gasteiger partial charge in [0, 0.05) is 12.1 Å². The molecule has 1 N–H and O–H groups in total. The van der Waals surface area contributed by atoms with Gasteiger partial charge in [-0.1, -0.05) is 6.07 Å². The number of ether oxygens (including phenoxy) is 1. The number of aryl methyl sites for hydroxylation is 1. The fourth-order valence-electron chi connectivity index (χ4n) is 3.37. The maximum absolute atomic E-state index is 13.3. The summed E-state index contributed by atoms with van der Waals surface area (Å²) in [5.41, 5.74) is -0.803. The molecular weight excluding hydrogens is 377 g/mol. The van der Waals surface area contributed by atoms with Gasteiger partial charge in [-0.3, -0.25) is 14.9 Å². The van der Waals surface area contributed by atoms with Crippen LogP contribution in [0.5, 0.6) is 5.75 Å². The number of halogens is 3. The zero-order valence-corrected chi connectivity index (χ0v) is 14.9. The van der Waals surface area contributed by atoms with Crippen molar-refractivity contribution in [2.24, 2.45) is 0 Å². The Kier molecular flexibility index (Phi) is 5.26. The van der Waals surface area contributed by atoms with Crippen LogP contribution < -0.4 is 10.1 Å². The molecule has 1 aliphatic carbocycles. The molecule has 1 atom stereocenters. The molecular formula is C19H17F3N2O4. The summed E-state index contributed by atoms with van der Waals surface area (Å²) >= 11 is 0. The summed E-state index contributed by atoms with van der Waals surface area (Å²) in [5, 5.41) is 13.5. The van der Waals surface area contributed by atoms with Crippen LogP contribution in [-0.4, -0.2) is 17.9 Å².